The summed E-state index contributed by atoms with van der Waals surface area (Å²) in [5, 5.41) is 27.4. The summed E-state index contributed by atoms with van der Waals surface area (Å²) in [6.07, 6.45) is 0.885. The van der Waals surface area contributed by atoms with Crippen molar-refractivity contribution in [1.29, 1.82) is 5.26 Å². The van der Waals surface area contributed by atoms with Crippen LogP contribution in [-0.2, 0) is 23.5 Å². The molecule has 37 heavy (non-hydrogen) atoms. The molecule has 1 heterocycles. The topological polar surface area (TPSA) is 127 Å². The van der Waals surface area contributed by atoms with Gasteiger partial charge in [0.1, 0.15) is 11.6 Å². The van der Waals surface area contributed by atoms with Crippen LogP contribution in [0.25, 0.3) is 0 Å². The third kappa shape index (κ3) is 6.59. The number of nitro benzene ring substituents is 1. The molecule has 1 aliphatic heterocycles. The number of nitrogens with one attached hydrogen (secondary N) is 2. The average Bonchev–Trinajstić information content (AvgIpc) is 3.39. The number of aryl methyl sites for hydroxylation is 1. The second-order valence-electron chi connectivity index (χ2n) is 8.08. The second-order valence-corrected chi connectivity index (χ2v) is 9.06. The van der Waals surface area contributed by atoms with Gasteiger partial charge in [-0.05, 0) is 47.4 Å². The number of amides is 1. The Morgan fingerprint density at radius 3 is 2.54 bits per heavy atom. The highest BCUT2D eigenvalue weighted by molar-refractivity contribution is 8.02. The van der Waals surface area contributed by atoms with Gasteiger partial charge >= 0.3 is 0 Å². The lowest BCUT2D eigenvalue weighted by Crippen LogP contribution is -2.25. The summed E-state index contributed by atoms with van der Waals surface area (Å²) in [4.78, 5) is 23.8. The Morgan fingerprint density at radius 1 is 1.05 bits per heavy atom. The van der Waals surface area contributed by atoms with Crippen LogP contribution in [0.2, 0.25) is 0 Å². The van der Waals surface area contributed by atoms with E-state index < -0.39 is 10.8 Å². The first-order chi connectivity index (χ1) is 18.0. The summed E-state index contributed by atoms with van der Waals surface area (Å²) >= 11 is 1.22. The van der Waals surface area contributed by atoms with Crippen LogP contribution >= 0.6 is 11.8 Å². The molecule has 0 saturated carbocycles. The number of nitro groups is 1. The van der Waals surface area contributed by atoms with Gasteiger partial charge in [0.2, 0.25) is 6.79 Å². The van der Waals surface area contributed by atoms with Gasteiger partial charge in [0.15, 0.2) is 11.5 Å². The van der Waals surface area contributed by atoms with Gasteiger partial charge in [-0.3, -0.25) is 14.9 Å². The largest absolute Gasteiger partial charge is 0.454 e. The maximum absolute atomic E-state index is 13.1. The van der Waals surface area contributed by atoms with Crippen molar-refractivity contribution in [2.24, 2.45) is 0 Å². The van der Waals surface area contributed by atoms with Crippen LogP contribution in [0.4, 0.5) is 11.4 Å². The fourth-order valence-corrected chi connectivity index (χ4v) is 4.53. The summed E-state index contributed by atoms with van der Waals surface area (Å²) in [6, 6.07) is 21.4. The van der Waals surface area contributed by atoms with Crippen molar-refractivity contribution in [3.05, 3.63) is 104 Å². The first-order valence-corrected chi connectivity index (χ1v) is 12.5. The molecular formula is C27H24N4O5S. The van der Waals surface area contributed by atoms with E-state index in [9.17, 15) is 20.2 Å². The molecule has 1 aliphatic rings. The fourth-order valence-electron chi connectivity index (χ4n) is 3.57. The first kappa shape index (κ1) is 25.6. The van der Waals surface area contributed by atoms with E-state index >= 15 is 0 Å². The lowest BCUT2D eigenvalue weighted by Gasteiger charge is -2.14. The number of nitriles is 1. The number of hydrogen-bond acceptors (Lipinski definition) is 8. The monoisotopic (exact) mass is 516 g/mol. The number of ether oxygens (including phenoxy) is 2. The SMILES string of the molecule is CCc1ccc(N/C(SCc2cccc([N+](=O)[O-])c2)=C(/C#N)C(=O)NCc2ccc3c(c2)OCO3)cc1. The van der Waals surface area contributed by atoms with Crippen molar-refractivity contribution >= 4 is 29.0 Å². The smallest absolute Gasteiger partial charge is 0.269 e. The molecular weight excluding hydrogens is 492 g/mol. The minimum atomic E-state index is -0.542. The molecule has 0 unspecified atom stereocenters. The van der Waals surface area contributed by atoms with Crippen molar-refractivity contribution in [1.82, 2.24) is 5.32 Å². The predicted molar refractivity (Wildman–Crippen MR) is 141 cm³/mol. The molecule has 0 aromatic heterocycles. The molecule has 4 rings (SSSR count). The van der Waals surface area contributed by atoms with Gasteiger partial charge in [0.25, 0.3) is 11.6 Å². The van der Waals surface area contributed by atoms with Crippen LogP contribution in [0.1, 0.15) is 23.6 Å². The number of rotatable bonds is 10. The molecule has 0 aliphatic carbocycles. The number of nitrogens with zero attached hydrogens (tertiary/aromatic N) is 2. The maximum atomic E-state index is 13.1. The Bertz CT molecular complexity index is 1380. The number of thioether (sulfide) groups is 1. The summed E-state index contributed by atoms with van der Waals surface area (Å²) in [6.45, 7) is 2.40. The summed E-state index contributed by atoms with van der Waals surface area (Å²) < 4.78 is 10.7. The number of benzene rings is 3. The number of hydrogen-bond donors (Lipinski definition) is 2. The number of carbonyl (C=O) groups excluding carboxylic acids is 1. The minimum absolute atomic E-state index is 0.0197. The van der Waals surface area contributed by atoms with Crippen LogP contribution in [0.5, 0.6) is 11.5 Å². The standard InChI is InChI=1S/C27H24N4O5S/c1-2-18-6-9-21(10-7-18)30-27(37-16-20-4-3-5-22(12-20)31(33)34)23(14-28)26(32)29-15-19-8-11-24-25(13-19)36-17-35-24/h3-13,30H,2,15-17H2,1H3,(H,29,32)/b27-23+. The van der Waals surface area contributed by atoms with Crippen LogP contribution in [0.3, 0.4) is 0 Å². The van der Waals surface area contributed by atoms with Crippen LogP contribution < -0.4 is 20.1 Å². The van der Waals surface area contributed by atoms with Crippen molar-refractivity contribution < 1.29 is 19.2 Å². The van der Waals surface area contributed by atoms with Crippen LogP contribution in [-0.4, -0.2) is 17.6 Å². The van der Waals surface area contributed by atoms with Crippen molar-refractivity contribution in [2.45, 2.75) is 25.6 Å². The Labute approximate surface area is 218 Å². The van der Waals surface area contributed by atoms with E-state index in [0.29, 0.717) is 27.8 Å². The average molecular weight is 517 g/mol. The third-order valence-electron chi connectivity index (χ3n) is 5.58. The Balaban J connectivity index is 1.55. The molecule has 3 aromatic carbocycles. The van der Waals surface area contributed by atoms with Crippen molar-refractivity contribution in [2.75, 3.05) is 12.1 Å². The van der Waals surface area contributed by atoms with Crippen LogP contribution in [0.15, 0.2) is 77.3 Å². The molecule has 2 N–H and O–H groups in total. The van der Waals surface area contributed by atoms with E-state index in [4.69, 9.17) is 9.47 Å². The molecule has 0 spiro atoms. The van der Waals surface area contributed by atoms with Gasteiger partial charge in [-0.2, -0.15) is 5.26 Å². The number of carbonyl (C=O) groups is 1. The fraction of sp³-hybridized carbons (Fsp3) is 0.185. The molecule has 0 fully saturated rings. The van der Waals surface area contributed by atoms with E-state index in [-0.39, 0.29) is 24.6 Å². The first-order valence-electron chi connectivity index (χ1n) is 11.5. The Kier molecular flexibility index (Phi) is 8.28. The lowest BCUT2D eigenvalue weighted by molar-refractivity contribution is -0.384. The van der Waals surface area contributed by atoms with Crippen LogP contribution in [0, 0.1) is 21.4 Å². The number of fused-ring (bicyclic) bond motifs is 1. The van der Waals surface area contributed by atoms with Gasteiger partial charge in [-0.1, -0.05) is 37.3 Å². The normalized spacial score (nSPS) is 12.3. The van der Waals surface area contributed by atoms with Gasteiger partial charge in [0, 0.05) is 30.1 Å². The molecule has 0 atom stereocenters. The molecule has 10 heteroatoms. The zero-order chi connectivity index (χ0) is 26.2. The molecule has 3 aromatic rings. The zero-order valence-corrected chi connectivity index (χ0v) is 20.8. The van der Waals surface area contributed by atoms with Crippen molar-refractivity contribution in [3.8, 4) is 17.6 Å². The van der Waals surface area contributed by atoms with Gasteiger partial charge in [-0.15, -0.1) is 11.8 Å². The number of non-ortho nitro benzene ring substituents is 1. The third-order valence-corrected chi connectivity index (χ3v) is 6.65. The van der Waals surface area contributed by atoms with E-state index in [1.807, 2.05) is 36.4 Å². The highest BCUT2D eigenvalue weighted by atomic mass is 32.2. The van der Waals surface area contributed by atoms with E-state index in [1.54, 1.807) is 24.3 Å². The molecule has 0 saturated heterocycles. The highest BCUT2D eigenvalue weighted by Crippen LogP contribution is 2.32. The van der Waals surface area contributed by atoms with E-state index in [1.165, 1.54) is 23.9 Å². The predicted octanol–water partition coefficient (Wildman–Crippen LogP) is 5.28. The quantitative estimate of drug-likeness (QED) is 0.161. The van der Waals surface area contributed by atoms with E-state index in [0.717, 1.165) is 23.2 Å². The molecule has 0 bridgehead atoms. The summed E-state index contributed by atoms with van der Waals surface area (Å²) in [7, 11) is 0. The second kappa shape index (κ2) is 12.0. The maximum Gasteiger partial charge on any atom is 0.269 e. The number of anilines is 1. The van der Waals surface area contributed by atoms with Gasteiger partial charge < -0.3 is 20.1 Å². The minimum Gasteiger partial charge on any atom is -0.454 e. The summed E-state index contributed by atoms with van der Waals surface area (Å²) in [5.74, 6) is 1.02. The summed E-state index contributed by atoms with van der Waals surface area (Å²) in [5.41, 5.74) is 3.25. The highest BCUT2D eigenvalue weighted by Gasteiger charge is 2.19. The molecule has 188 valence electrons. The zero-order valence-electron chi connectivity index (χ0n) is 20.0. The molecule has 0 radical (unpaired) electrons. The van der Waals surface area contributed by atoms with Gasteiger partial charge in [0.05, 0.1) is 9.95 Å². The Morgan fingerprint density at radius 2 is 1.81 bits per heavy atom. The Hall–Kier alpha value is -4.49. The van der Waals surface area contributed by atoms with Crippen molar-refractivity contribution in [3.63, 3.8) is 0 Å². The van der Waals surface area contributed by atoms with E-state index in [2.05, 4.69) is 17.6 Å². The van der Waals surface area contributed by atoms with Gasteiger partial charge in [-0.25, -0.2) is 0 Å². The molecule has 9 nitrogen and oxygen atoms in total. The lowest BCUT2D eigenvalue weighted by atomic mass is 10.1. The molecule has 1 amide bonds.